The minimum Gasteiger partial charge on any atom is -0.344 e. The Balaban J connectivity index is 2.70. The van der Waals surface area contributed by atoms with Gasteiger partial charge >= 0.3 is 0 Å². The molecule has 0 spiro atoms. The molecule has 4 heteroatoms. The van der Waals surface area contributed by atoms with Crippen LogP contribution in [0.5, 0.6) is 0 Å². The van der Waals surface area contributed by atoms with Gasteiger partial charge in [-0.3, -0.25) is 4.98 Å². The predicted octanol–water partition coefficient (Wildman–Crippen LogP) is 0.979. The van der Waals surface area contributed by atoms with Gasteiger partial charge in [-0.25, -0.2) is 4.98 Å². The van der Waals surface area contributed by atoms with Gasteiger partial charge in [-0.2, -0.15) is 0 Å². The van der Waals surface area contributed by atoms with Crippen LogP contribution in [-0.4, -0.2) is 15.0 Å². The molecule has 0 amide bonds. The molecule has 0 aliphatic heterocycles. The van der Waals surface area contributed by atoms with Crippen LogP contribution in [0.15, 0.2) is 12.4 Å². The molecule has 0 aliphatic rings. The fourth-order valence-electron chi connectivity index (χ4n) is 1.42. The number of rotatable bonds is 2. The van der Waals surface area contributed by atoms with E-state index in [1.165, 1.54) is 0 Å². The van der Waals surface area contributed by atoms with Gasteiger partial charge in [0.05, 0.1) is 23.2 Å². The largest absolute Gasteiger partial charge is 0.344 e. The van der Waals surface area contributed by atoms with E-state index >= 15 is 0 Å². The number of nitrogens with zero attached hydrogens (tertiary/aromatic N) is 2. The van der Waals surface area contributed by atoms with E-state index in [1.807, 2.05) is 6.07 Å². The molecule has 0 atom stereocenters. The van der Waals surface area contributed by atoms with Crippen molar-refractivity contribution < 1.29 is 0 Å². The van der Waals surface area contributed by atoms with Gasteiger partial charge in [-0.15, -0.1) is 0 Å². The van der Waals surface area contributed by atoms with Crippen LogP contribution in [0.1, 0.15) is 18.3 Å². The SMILES string of the molecule is CCc1nc(CN)cc2[nH]cnc12. The first-order chi connectivity index (χ1) is 6.35. The normalized spacial score (nSPS) is 10.9. The molecule has 13 heavy (non-hydrogen) atoms. The number of imidazole rings is 1. The number of hydrogen-bond donors (Lipinski definition) is 2. The van der Waals surface area contributed by atoms with Gasteiger partial charge in [0.15, 0.2) is 0 Å². The highest BCUT2D eigenvalue weighted by atomic mass is 14.9. The molecular formula is C9H12N4. The summed E-state index contributed by atoms with van der Waals surface area (Å²) in [5, 5.41) is 0. The second-order valence-corrected chi connectivity index (χ2v) is 2.92. The molecule has 0 bridgehead atoms. The van der Waals surface area contributed by atoms with Crippen LogP contribution >= 0.6 is 0 Å². The molecule has 0 aromatic carbocycles. The quantitative estimate of drug-likeness (QED) is 0.716. The second kappa shape index (κ2) is 3.14. The lowest BCUT2D eigenvalue weighted by atomic mass is 10.2. The van der Waals surface area contributed by atoms with Gasteiger partial charge in [-0.1, -0.05) is 6.92 Å². The fourth-order valence-corrected chi connectivity index (χ4v) is 1.42. The van der Waals surface area contributed by atoms with Gasteiger partial charge in [0.1, 0.15) is 5.52 Å². The predicted molar refractivity (Wildman–Crippen MR) is 51.2 cm³/mol. The van der Waals surface area contributed by atoms with Crippen molar-refractivity contribution in [3.63, 3.8) is 0 Å². The molecule has 0 aliphatic carbocycles. The van der Waals surface area contributed by atoms with E-state index in [4.69, 9.17) is 5.73 Å². The van der Waals surface area contributed by atoms with Crippen LogP contribution in [0.25, 0.3) is 11.0 Å². The molecular weight excluding hydrogens is 164 g/mol. The van der Waals surface area contributed by atoms with Crippen molar-refractivity contribution in [2.45, 2.75) is 19.9 Å². The summed E-state index contributed by atoms with van der Waals surface area (Å²) < 4.78 is 0. The molecule has 2 aromatic rings. The fraction of sp³-hybridized carbons (Fsp3) is 0.333. The zero-order valence-electron chi connectivity index (χ0n) is 7.54. The Morgan fingerprint density at radius 1 is 1.54 bits per heavy atom. The molecule has 2 aromatic heterocycles. The summed E-state index contributed by atoms with van der Waals surface area (Å²) in [4.78, 5) is 11.7. The minimum absolute atomic E-state index is 0.474. The zero-order chi connectivity index (χ0) is 9.26. The van der Waals surface area contributed by atoms with Crippen molar-refractivity contribution >= 4 is 11.0 Å². The van der Waals surface area contributed by atoms with Crippen LogP contribution in [0.2, 0.25) is 0 Å². The monoisotopic (exact) mass is 176 g/mol. The standard InChI is InChI=1S/C9H12N4/c1-2-7-9-8(11-5-12-9)3-6(4-10)13-7/h3,5H,2,4,10H2,1H3,(H,11,12). The zero-order valence-corrected chi connectivity index (χ0v) is 7.54. The molecule has 3 N–H and O–H groups in total. The van der Waals surface area contributed by atoms with Gasteiger partial charge in [0.25, 0.3) is 0 Å². The molecule has 0 fully saturated rings. The summed E-state index contributed by atoms with van der Waals surface area (Å²) in [6, 6.07) is 1.95. The molecule has 4 nitrogen and oxygen atoms in total. The maximum atomic E-state index is 5.54. The second-order valence-electron chi connectivity index (χ2n) is 2.92. The maximum Gasteiger partial charge on any atom is 0.110 e. The number of aromatic amines is 1. The van der Waals surface area contributed by atoms with Crippen LogP contribution in [0, 0.1) is 0 Å². The third-order valence-corrected chi connectivity index (χ3v) is 2.08. The lowest BCUT2D eigenvalue weighted by molar-refractivity contribution is 0.943. The van der Waals surface area contributed by atoms with Crippen molar-refractivity contribution in [1.29, 1.82) is 0 Å². The Bertz CT molecular complexity index is 418. The molecule has 2 rings (SSSR count). The average molecular weight is 176 g/mol. The summed E-state index contributed by atoms with van der Waals surface area (Å²) >= 11 is 0. The van der Waals surface area contributed by atoms with E-state index in [9.17, 15) is 0 Å². The smallest absolute Gasteiger partial charge is 0.110 e. The van der Waals surface area contributed by atoms with Crippen molar-refractivity contribution in [3.05, 3.63) is 23.8 Å². The Labute approximate surface area is 76.2 Å². The average Bonchev–Trinajstić information content (AvgIpc) is 2.63. The molecule has 68 valence electrons. The van der Waals surface area contributed by atoms with Crippen LogP contribution < -0.4 is 5.73 Å². The number of aromatic nitrogens is 3. The topological polar surface area (TPSA) is 67.6 Å². The van der Waals surface area contributed by atoms with Gasteiger partial charge < -0.3 is 10.7 Å². The van der Waals surface area contributed by atoms with Crippen LogP contribution in [0.4, 0.5) is 0 Å². The molecule has 0 unspecified atom stereocenters. The highest BCUT2D eigenvalue weighted by Gasteiger charge is 2.05. The number of H-pyrrole nitrogens is 1. The Kier molecular flexibility index (Phi) is 1.98. The van der Waals surface area contributed by atoms with Gasteiger partial charge in [0, 0.05) is 6.54 Å². The van der Waals surface area contributed by atoms with E-state index in [-0.39, 0.29) is 0 Å². The highest BCUT2D eigenvalue weighted by Crippen LogP contribution is 2.14. The summed E-state index contributed by atoms with van der Waals surface area (Å²) in [6.07, 6.45) is 2.57. The summed E-state index contributed by atoms with van der Waals surface area (Å²) in [6.45, 7) is 2.54. The summed E-state index contributed by atoms with van der Waals surface area (Å²) in [5.41, 5.74) is 9.44. The number of fused-ring (bicyclic) bond motifs is 1. The van der Waals surface area contributed by atoms with E-state index in [0.717, 1.165) is 28.8 Å². The number of aryl methyl sites for hydroxylation is 1. The van der Waals surface area contributed by atoms with Crippen molar-refractivity contribution in [2.24, 2.45) is 5.73 Å². The summed E-state index contributed by atoms with van der Waals surface area (Å²) in [5.74, 6) is 0. The first kappa shape index (κ1) is 8.19. The van der Waals surface area contributed by atoms with Crippen molar-refractivity contribution in [3.8, 4) is 0 Å². The van der Waals surface area contributed by atoms with Crippen LogP contribution in [-0.2, 0) is 13.0 Å². The molecule has 0 radical (unpaired) electrons. The molecule has 0 saturated carbocycles. The molecule has 0 saturated heterocycles. The first-order valence-corrected chi connectivity index (χ1v) is 4.37. The number of pyridine rings is 1. The Morgan fingerprint density at radius 2 is 2.38 bits per heavy atom. The van der Waals surface area contributed by atoms with E-state index in [0.29, 0.717) is 6.54 Å². The van der Waals surface area contributed by atoms with Crippen molar-refractivity contribution in [2.75, 3.05) is 0 Å². The third-order valence-electron chi connectivity index (χ3n) is 2.08. The number of hydrogen-bond acceptors (Lipinski definition) is 3. The maximum absolute atomic E-state index is 5.54. The lowest BCUT2D eigenvalue weighted by Gasteiger charge is -2.01. The van der Waals surface area contributed by atoms with Gasteiger partial charge in [0.2, 0.25) is 0 Å². The van der Waals surface area contributed by atoms with Crippen molar-refractivity contribution in [1.82, 2.24) is 15.0 Å². The lowest BCUT2D eigenvalue weighted by Crippen LogP contribution is -2.02. The van der Waals surface area contributed by atoms with Gasteiger partial charge in [-0.05, 0) is 12.5 Å². The summed E-state index contributed by atoms with van der Waals surface area (Å²) in [7, 11) is 0. The third kappa shape index (κ3) is 1.29. The van der Waals surface area contributed by atoms with E-state index in [1.54, 1.807) is 6.33 Å². The Hall–Kier alpha value is -1.42. The van der Waals surface area contributed by atoms with E-state index < -0.39 is 0 Å². The van der Waals surface area contributed by atoms with Crippen LogP contribution in [0.3, 0.4) is 0 Å². The molecule has 2 heterocycles. The van der Waals surface area contributed by atoms with E-state index in [2.05, 4.69) is 21.9 Å². The number of nitrogens with two attached hydrogens (primary N) is 1. The number of nitrogens with one attached hydrogen (secondary N) is 1. The minimum atomic E-state index is 0.474. The first-order valence-electron chi connectivity index (χ1n) is 4.37. The Morgan fingerprint density at radius 3 is 3.08 bits per heavy atom. The highest BCUT2D eigenvalue weighted by molar-refractivity contribution is 5.77.